The molecular weight excluding hydrogens is 288 g/mol. The molecule has 0 amide bonds. The van der Waals surface area contributed by atoms with Crippen molar-refractivity contribution < 1.29 is 4.74 Å². The number of ether oxygens (including phenoxy) is 1. The summed E-state index contributed by atoms with van der Waals surface area (Å²) in [6.07, 6.45) is 0. The Bertz CT molecular complexity index is 520. The molecule has 2 heteroatoms. The summed E-state index contributed by atoms with van der Waals surface area (Å²) in [6.45, 7) is 4.37. The van der Waals surface area contributed by atoms with E-state index in [1.165, 1.54) is 5.56 Å². The van der Waals surface area contributed by atoms with E-state index >= 15 is 0 Å². The first-order valence-corrected chi connectivity index (χ1v) is 7.24. The van der Waals surface area contributed by atoms with Gasteiger partial charge in [0.1, 0.15) is 11.5 Å². The number of para-hydroxylation sites is 1. The molecular formula is C16H17BrO. The largest absolute Gasteiger partial charge is 0.457 e. The van der Waals surface area contributed by atoms with Crippen molar-refractivity contribution in [2.75, 3.05) is 0 Å². The number of rotatable bonds is 4. The van der Waals surface area contributed by atoms with E-state index < -0.39 is 0 Å². The second kappa shape index (κ2) is 6.05. The SMILES string of the molecule is CC(C)c1cccc(Oc2ccccc2CBr)c1. The van der Waals surface area contributed by atoms with Crippen molar-refractivity contribution in [2.24, 2.45) is 0 Å². The third kappa shape index (κ3) is 3.14. The standard InChI is InChI=1S/C16H17BrO/c1-12(2)13-7-5-8-15(10-13)18-16-9-4-3-6-14(16)11-17/h3-10,12H,11H2,1-2H3. The maximum absolute atomic E-state index is 5.96. The van der Waals surface area contributed by atoms with E-state index in [1.807, 2.05) is 30.3 Å². The van der Waals surface area contributed by atoms with Crippen LogP contribution in [0.2, 0.25) is 0 Å². The number of halogens is 1. The lowest BCUT2D eigenvalue weighted by Gasteiger charge is -2.11. The quantitative estimate of drug-likeness (QED) is 0.678. The third-order valence-corrected chi connectivity index (χ3v) is 3.47. The van der Waals surface area contributed by atoms with E-state index in [1.54, 1.807) is 0 Å². The molecule has 0 aliphatic carbocycles. The summed E-state index contributed by atoms with van der Waals surface area (Å²) in [7, 11) is 0. The second-order valence-electron chi connectivity index (χ2n) is 4.57. The summed E-state index contributed by atoms with van der Waals surface area (Å²) < 4.78 is 5.96. The molecule has 0 saturated carbocycles. The maximum atomic E-state index is 5.96. The lowest BCUT2D eigenvalue weighted by Crippen LogP contribution is -1.91. The van der Waals surface area contributed by atoms with Crippen molar-refractivity contribution in [3.8, 4) is 11.5 Å². The summed E-state index contributed by atoms with van der Waals surface area (Å²) in [5.74, 6) is 2.32. The fourth-order valence-corrected chi connectivity index (χ4v) is 2.24. The van der Waals surface area contributed by atoms with Crippen molar-refractivity contribution in [3.05, 3.63) is 59.7 Å². The van der Waals surface area contributed by atoms with Crippen LogP contribution in [0, 0.1) is 0 Å². The van der Waals surface area contributed by atoms with Gasteiger partial charge in [-0.25, -0.2) is 0 Å². The predicted octanol–water partition coefficient (Wildman–Crippen LogP) is 5.50. The molecule has 2 aromatic carbocycles. The van der Waals surface area contributed by atoms with Crippen LogP contribution >= 0.6 is 15.9 Å². The second-order valence-corrected chi connectivity index (χ2v) is 5.13. The molecule has 0 saturated heterocycles. The number of alkyl halides is 1. The lowest BCUT2D eigenvalue weighted by molar-refractivity contribution is 0.477. The minimum atomic E-state index is 0.514. The van der Waals surface area contributed by atoms with E-state index in [0.717, 1.165) is 22.4 Å². The number of hydrogen-bond acceptors (Lipinski definition) is 1. The molecule has 0 aliphatic heterocycles. The van der Waals surface area contributed by atoms with Gasteiger partial charge in [-0.3, -0.25) is 0 Å². The Labute approximate surface area is 117 Å². The molecule has 0 atom stereocenters. The van der Waals surface area contributed by atoms with Crippen molar-refractivity contribution in [1.82, 2.24) is 0 Å². The molecule has 18 heavy (non-hydrogen) atoms. The third-order valence-electron chi connectivity index (χ3n) is 2.87. The van der Waals surface area contributed by atoms with Crippen LogP contribution in [0.25, 0.3) is 0 Å². The van der Waals surface area contributed by atoms with Crippen molar-refractivity contribution >= 4 is 15.9 Å². The van der Waals surface area contributed by atoms with Gasteiger partial charge in [-0.2, -0.15) is 0 Å². The van der Waals surface area contributed by atoms with E-state index in [0.29, 0.717) is 5.92 Å². The predicted molar refractivity (Wildman–Crippen MR) is 79.7 cm³/mol. The van der Waals surface area contributed by atoms with Crippen LogP contribution in [0.15, 0.2) is 48.5 Å². The van der Waals surface area contributed by atoms with Gasteiger partial charge in [0.2, 0.25) is 0 Å². The first-order valence-electron chi connectivity index (χ1n) is 6.12. The molecule has 0 aliphatic rings. The van der Waals surface area contributed by atoms with Gasteiger partial charge in [0.05, 0.1) is 0 Å². The summed E-state index contributed by atoms with van der Waals surface area (Å²) in [6, 6.07) is 16.4. The highest BCUT2D eigenvalue weighted by atomic mass is 79.9. The van der Waals surface area contributed by atoms with E-state index in [-0.39, 0.29) is 0 Å². The molecule has 0 heterocycles. The topological polar surface area (TPSA) is 9.23 Å². The molecule has 0 aromatic heterocycles. The highest BCUT2D eigenvalue weighted by molar-refractivity contribution is 9.08. The van der Waals surface area contributed by atoms with Crippen LogP contribution in [0.4, 0.5) is 0 Å². The molecule has 0 unspecified atom stereocenters. The highest BCUT2D eigenvalue weighted by Gasteiger charge is 2.05. The zero-order valence-corrected chi connectivity index (χ0v) is 12.3. The fraction of sp³-hybridized carbons (Fsp3) is 0.250. The Morgan fingerprint density at radius 3 is 2.56 bits per heavy atom. The smallest absolute Gasteiger partial charge is 0.131 e. The van der Waals surface area contributed by atoms with Crippen LogP contribution in [0.3, 0.4) is 0 Å². The molecule has 2 rings (SSSR count). The minimum absolute atomic E-state index is 0.514. The average Bonchev–Trinajstić information content (AvgIpc) is 2.39. The Morgan fingerprint density at radius 1 is 1.06 bits per heavy atom. The summed E-state index contributed by atoms with van der Waals surface area (Å²) in [5, 5.41) is 0.799. The first kappa shape index (κ1) is 13.2. The van der Waals surface area contributed by atoms with Gasteiger partial charge in [0.15, 0.2) is 0 Å². The van der Waals surface area contributed by atoms with Crippen molar-refractivity contribution in [1.29, 1.82) is 0 Å². The lowest BCUT2D eigenvalue weighted by atomic mass is 10.0. The van der Waals surface area contributed by atoms with Gasteiger partial charge < -0.3 is 4.74 Å². The summed E-state index contributed by atoms with van der Waals surface area (Å²) in [4.78, 5) is 0. The highest BCUT2D eigenvalue weighted by Crippen LogP contribution is 2.28. The van der Waals surface area contributed by atoms with Crippen LogP contribution in [-0.2, 0) is 5.33 Å². The number of benzene rings is 2. The molecule has 0 bridgehead atoms. The Kier molecular flexibility index (Phi) is 4.43. The first-order chi connectivity index (χ1) is 8.70. The Hall–Kier alpha value is -1.28. The van der Waals surface area contributed by atoms with Gasteiger partial charge >= 0.3 is 0 Å². The zero-order valence-electron chi connectivity index (χ0n) is 10.7. The van der Waals surface area contributed by atoms with Gasteiger partial charge in [-0.05, 0) is 29.7 Å². The molecule has 0 fully saturated rings. The Balaban J connectivity index is 2.25. The molecule has 0 radical (unpaired) electrons. The van der Waals surface area contributed by atoms with Gasteiger partial charge in [0, 0.05) is 10.9 Å². The molecule has 2 aromatic rings. The van der Waals surface area contributed by atoms with Gasteiger partial charge in [0.25, 0.3) is 0 Å². The van der Waals surface area contributed by atoms with Crippen LogP contribution < -0.4 is 4.74 Å². The Morgan fingerprint density at radius 2 is 1.83 bits per heavy atom. The van der Waals surface area contributed by atoms with E-state index in [9.17, 15) is 0 Å². The molecule has 0 N–H and O–H groups in total. The van der Waals surface area contributed by atoms with Crippen molar-refractivity contribution in [3.63, 3.8) is 0 Å². The van der Waals surface area contributed by atoms with Crippen LogP contribution in [0.5, 0.6) is 11.5 Å². The van der Waals surface area contributed by atoms with E-state index in [4.69, 9.17) is 4.74 Å². The fourth-order valence-electron chi connectivity index (χ4n) is 1.78. The van der Waals surface area contributed by atoms with Crippen LogP contribution in [0.1, 0.15) is 30.9 Å². The van der Waals surface area contributed by atoms with E-state index in [2.05, 4.69) is 48.0 Å². The normalized spacial score (nSPS) is 10.7. The van der Waals surface area contributed by atoms with Gasteiger partial charge in [-0.15, -0.1) is 0 Å². The van der Waals surface area contributed by atoms with Crippen LogP contribution in [-0.4, -0.2) is 0 Å². The van der Waals surface area contributed by atoms with Crippen molar-refractivity contribution in [2.45, 2.75) is 25.1 Å². The molecule has 94 valence electrons. The van der Waals surface area contributed by atoms with Gasteiger partial charge in [-0.1, -0.05) is 60.1 Å². The molecule has 0 spiro atoms. The summed E-state index contributed by atoms with van der Waals surface area (Å²) in [5.41, 5.74) is 2.45. The maximum Gasteiger partial charge on any atom is 0.131 e. The number of hydrogen-bond donors (Lipinski definition) is 0. The monoisotopic (exact) mass is 304 g/mol. The minimum Gasteiger partial charge on any atom is -0.457 e. The average molecular weight is 305 g/mol. The summed E-state index contributed by atoms with van der Waals surface area (Å²) >= 11 is 3.48. The molecule has 1 nitrogen and oxygen atoms in total. The zero-order chi connectivity index (χ0) is 13.0.